The number of nitrogens with zero attached hydrogens (tertiary/aromatic N) is 10. The average Bonchev–Trinajstić information content (AvgIpc) is 3.37. The minimum atomic E-state index is -4.76. The van der Waals surface area contributed by atoms with Crippen molar-refractivity contribution in [3.05, 3.63) is 34.1 Å². The zero-order valence-corrected chi connectivity index (χ0v) is 45.1. The Bertz CT molecular complexity index is 2170. The molecule has 0 bridgehead atoms. The first-order valence-corrected chi connectivity index (χ1v) is 25.1. The molecule has 2 aromatic heterocycles. The van der Waals surface area contributed by atoms with Crippen molar-refractivity contribution in [1.82, 2.24) is 39.5 Å². The Hall–Kier alpha value is -5.01. The number of likely N-dealkylation sites (tertiary alicyclic amines) is 2. The molecule has 398 valence electrons. The Kier molecular flexibility index (Phi) is 20.9. The second-order valence-corrected chi connectivity index (χ2v) is 20.4. The van der Waals surface area contributed by atoms with Crippen molar-refractivity contribution in [2.45, 2.75) is 149 Å². The number of hydrogen-bond donors (Lipinski definition) is 0. The predicted octanol–water partition coefficient (Wildman–Crippen LogP) is 8.18. The lowest BCUT2D eigenvalue weighted by Gasteiger charge is -2.47. The maximum atomic E-state index is 13.8. The van der Waals surface area contributed by atoms with E-state index in [-0.39, 0.29) is 35.8 Å². The van der Waals surface area contributed by atoms with Gasteiger partial charge >= 0.3 is 30.3 Å². The van der Waals surface area contributed by atoms with Crippen LogP contribution in [0.4, 0.5) is 34.4 Å². The standard InChI is InChI=1S/C23H34F3N5O4.C22H34BrN5O4.C4H6.H2/c1-6-15-14-30(19-18(23(24,25)26)28-17(13-27-19)20(32)34-5)11-12-31(15)16-7-9-29(10-8-16)21(33)35-22(2,3)4;1-6-15-14-27(19-18(23)25-17(13-24-19)20(29)31-5)11-12-28(15)16-7-9-26(10-8-16)21(30)32-22(2,3)4;1-3-4-2;/h13,15-16H,6-12,14H2,1-5H3;13,15-16H,6-12,14H2,1-5H3;1-2H3;1H/t2*15-;;/m00../s1/i;;;1+1D. The highest BCUT2D eigenvalue weighted by Gasteiger charge is 2.42. The molecule has 4 aliphatic heterocycles. The van der Waals surface area contributed by atoms with Crippen LogP contribution in [0.5, 0.6) is 0 Å². The van der Waals surface area contributed by atoms with Crippen molar-refractivity contribution in [2.75, 3.05) is 89.5 Å². The highest BCUT2D eigenvalue weighted by Crippen LogP contribution is 2.36. The summed E-state index contributed by atoms with van der Waals surface area (Å²) in [7, 11) is 2.41. The number of piperazine rings is 2. The number of carbonyl (C=O) groups excluding carboxylic acids is 4. The van der Waals surface area contributed by atoms with Crippen LogP contribution < -0.4 is 9.80 Å². The molecule has 0 saturated carbocycles. The lowest BCUT2D eigenvalue weighted by atomic mass is 9.98. The number of anilines is 2. The fourth-order valence-corrected chi connectivity index (χ4v) is 9.55. The maximum absolute atomic E-state index is 13.8. The molecule has 22 heteroatoms. The third-order valence-corrected chi connectivity index (χ3v) is 13.1. The van der Waals surface area contributed by atoms with Crippen LogP contribution in [0.3, 0.4) is 0 Å². The van der Waals surface area contributed by atoms with Gasteiger partial charge in [0.2, 0.25) is 0 Å². The summed E-state index contributed by atoms with van der Waals surface area (Å²) in [5.74, 6) is 4.36. The van der Waals surface area contributed by atoms with Crippen molar-refractivity contribution in [2.24, 2.45) is 0 Å². The molecule has 2 aromatic rings. The van der Waals surface area contributed by atoms with Crippen LogP contribution in [-0.4, -0.2) is 179 Å². The molecule has 0 aliphatic carbocycles. The minimum Gasteiger partial charge on any atom is -0.464 e. The highest BCUT2D eigenvalue weighted by molar-refractivity contribution is 9.10. The molecule has 0 spiro atoms. The molecule has 0 unspecified atom stereocenters. The molecule has 0 radical (unpaired) electrons. The fourth-order valence-electron chi connectivity index (χ4n) is 9.01. The van der Waals surface area contributed by atoms with Gasteiger partial charge in [-0.25, -0.2) is 39.1 Å². The molecule has 2 amide bonds. The average molecular weight is 1070 g/mol. The van der Waals surface area contributed by atoms with Crippen molar-refractivity contribution >= 4 is 51.7 Å². The smallest absolute Gasteiger partial charge is 0.437 e. The van der Waals surface area contributed by atoms with E-state index >= 15 is 0 Å². The van der Waals surface area contributed by atoms with E-state index in [0.717, 1.165) is 90.4 Å². The summed E-state index contributed by atoms with van der Waals surface area (Å²) < 4.78 is 72.1. The Morgan fingerprint density at radius 2 is 1.04 bits per heavy atom. The van der Waals surface area contributed by atoms with Crippen molar-refractivity contribution in [1.29, 1.82) is 0 Å². The first-order valence-electron chi connectivity index (χ1n) is 25.3. The van der Waals surface area contributed by atoms with Crippen LogP contribution in [0.1, 0.15) is 137 Å². The van der Waals surface area contributed by atoms with Gasteiger partial charge in [-0.05, 0) is 110 Å². The van der Waals surface area contributed by atoms with E-state index in [1.807, 2.05) is 67.2 Å². The van der Waals surface area contributed by atoms with Crippen LogP contribution in [0.15, 0.2) is 17.0 Å². The minimum absolute atomic E-state index is 0.0185. The lowest BCUT2D eigenvalue weighted by molar-refractivity contribution is -0.141. The third kappa shape index (κ3) is 16.8. The van der Waals surface area contributed by atoms with Gasteiger partial charge in [-0.1, -0.05) is 13.8 Å². The number of rotatable bonds is 8. The molecule has 2 atom stereocenters. The van der Waals surface area contributed by atoms with Gasteiger partial charge in [0.25, 0.3) is 0 Å². The van der Waals surface area contributed by atoms with Crippen LogP contribution in [-0.2, 0) is 25.1 Å². The zero-order chi connectivity index (χ0) is 54.8. The number of halogens is 4. The highest BCUT2D eigenvalue weighted by atomic mass is 79.9. The number of hydrogen-bond acceptors (Lipinski definition) is 16. The molecule has 18 nitrogen and oxygen atoms in total. The van der Waals surface area contributed by atoms with E-state index in [0.29, 0.717) is 49.4 Å². The number of methoxy groups -OCH3 is 2. The number of alkyl halides is 3. The first kappa shape index (κ1) is 56.9. The van der Waals surface area contributed by atoms with E-state index in [1.54, 1.807) is 9.80 Å². The number of carbonyl (C=O) groups is 4. The van der Waals surface area contributed by atoms with Crippen LogP contribution in [0.25, 0.3) is 0 Å². The van der Waals surface area contributed by atoms with E-state index in [1.165, 1.54) is 13.3 Å². The van der Waals surface area contributed by atoms with Crippen LogP contribution >= 0.6 is 15.9 Å². The van der Waals surface area contributed by atoms with E-state index < -0.39 is 40.7 Å². The van der Waals surface area contributed by atoms with Crippen molar-refractivity contribution in [3.8, 4) is 11.8 Å². The molecular weight excluding hydrogens is 993 g/mol. The lowest BCUT2D eigenvalue weighted by Crippen LogP contribution is -2.59. The monoisotopic (exact) mass is 1070 g/mol. The molecule has 71 heavy (non-hydrogen) atoms. The van der Waals surface area contributed by atoms with Gasteiger partial charge in [0.15, 0.2) is 28.7 Å². The molecule has 6 rings (SSSR count). The summed E-state index contributed by atoms with van der Waals surface area (Å²) >= 11 is 3.47. The van der Waals surface area contributed by atoms with Crippen LogP contribution in [0.2, 0.25) is 0 Å². The third-order valence-electron chi connectivity index (χ3n) is 12.5. The Labute approximate surface area is 428 Å². The summed E-state index contributed by atoms with van der Waals surface area (Å²) in [5, 5.41) is 0. The number of piperidine rings is 2. The Morgan fingerprint density at radius 3 is 1.38 bits per heavy atom. The van der Waals surface area contributed by atoms with Gasteiger partial charge in [0.1, 0.15) is 15.8 Å². The molecule has 6 heterocycles. The summed E-state index contributed by atoms with van der Waals surface area (Å²) in [6.45, 7) is 25.5. The molecule has 0 N–H and O–H groups in total. The summed E-state index contributed by atoms with van der Waals surface area (Å²) in [6, 6.07) is 1.09. The van der Waals surface area contributed by atoms with Gasteiger partial charge in [0.05, 0.1) is 26.6 Å². The Balaban J connectivity index is 0.000000349. The summed E-state index contributed by atoms with van der Waals surface area (Å²) in [5.41, 5.74) is -2.50. The molecule has 4 aliphatic rings. The molecular formula is C49H76BrF3N10O8. The van der Waals surface area contributed by atoms with Gasteiger partial charge in [-0.15, -0.1) is 11.8 Å². The second-order valence-electron chi connectivity index (χ2n) is 19.7. The van der Waals surface area contributed by atoms with E-state index in [4.69, 9.17) is 17.2 Å². The van der Waals surface area contributed by atoms with Crippen molar-refractivity contribution < 1.29 is 54.3 Å². The number of ether oxygens (including phenoxy) is 4. The van der Waals surface area contributed by atoms with E-state index in [2.05, 4.69) is 74.1 Å². The fraction of sp³-hybridized carbons (Fsp3) is 0.714. The van der Waals surface area contributed by atoms with Gasteiger partial charge in [-0.3, -0.25) is 9.80 Å². The SMILES string of the molecule is CC#CC.CC[C@H]1CN(c2ncc(C(=O)OC)nc2Br)CCN1C1CCN(C(=O)OC(C)(C)C)CC1.CC[C@H]1CN(c2ncc(C(=O)OC)nc2C(F)(F)F)CCN1C1CCN(C(=O)OC(C)(C)C)CC1.[2H][2H]. The number of amides is 2. The molecule has 0 aromatic carbocycles. The van der Waals surface area contributed by atoms with Gasteiger partial charge in [-0.2, -0.15) is 13.2 Å². The molecule has 4 fully saturated rings. The van der Waals surface area contributed by atoms with E-state index in [9.17, 15) is 32.3 Å². The number of aromatic nitrogens is 4. The first-order chi connectivity index (χ1) is 34.4. The quantitative estimate of drug-likeness (QED) is 0.140. The largest absolute Gasteiger partial charge is 0.464 e. The normalized spacial score (nSPS) is 19.9. The van der Waals surface area contributed by atoms with Gasteiger partial charge in [0, 0.05) is 92.6 Å². The zero-order valence-electron chi connectivity index (χ0n) is 45.5. The second kappa shape index (κ2) is 26.1. The summed E-state index contributed by atoms with van der Waals surface area (Å²) in [6.07, 6.45) is 2.41. The molecule has 4 saturated heterocycles. The van der Waals surface area contributed by atoms with Gasteiger partial charge < -0.3 is 38.5 Å². The predicted molar refractivity (Wildman–Crippen MR) is 268 cm³/mol. The topological polar surface area (TPSA) is 176 Å². The maximum Gasteiger partial charge on any atom is 0.437 e. The summed E-state index contributed by atoms with van der Waals surface area (Å²) in [4.78, 5) is 76.7. The Morgan fingerprint density at radius 1 is 0.662 bits per heavy atom. The van der Waals surface area contributed by atoms with Crippen molar-refractivity contribution in [3.63, 3.8) is 0 Å². The van der Waals surface area contributed by atoms with Crippen LogP contribution in [0, 0.1) is 11.8 Å². The number of esters is 2.